The lowest BCUT2D eigenvalue weighted by atomic mass is 9.98. The second-order valence-corrected chi connectivity index (χ2v) is 7.25. The van der Waals surface area contributed by atoms with Crippen LogP contribution in [0.3, 0.4) is 0 Å². The molecule has 6 nitrogen and oxygen atoms in total. The van der Waals surface area contributed by atoms with Crippen molar-refractivity contribution in [2.45, 2.75) is 39.2 Å². The van der Waals surface area contributed by atoms with Gasteiger partial charge in [0.25, 0.3) is 0 Å². The van der Waals surface area contributed by atoms with Crippen molar-refractivity contribution >= 4 is 23.3 Å². The van der Waals surface area contributed by atoms with Crippen LogP contribution in [0.2, 0.25) is 0 Å². The van der Waals surface area contributed by atoms with Crippen LogP contribution >= 0.6 is 0 Å². The van der Waals surface area contributed by atoms with Crippen LogP contribution < -0.4 is 4.74 Å². The maximum Gasteiger partial charge on any atom is 0.573 e. The van der Waals surface area contributed by atoms with Gasteiger partial charge in [-0.1, -0.05) is 24.3 Å². The highest BCUT2D eigenvalue weighted by Gasteiger charge is 2.31. The Kier molecular flexibility index (Phi) is 6.88. The molecule has 0 spiro atoms. The molecule has 170 valence electrons. The van der Waals surface area contributed by atoms with E-state index < -0.39 is 18.4 Å². The predicted molar refractivity (Wildman–Crippen MR) is 112 cm³/mol. The second kappa shape index (κ2) is 9.44. The molecule has 0 aliphatic heterocycles. The van der Waals surface area contributed by atoms with Gasteiger partial charge in [-0.2, -0.15) is 0 Å². The lowest BCUT2D eigenvalue weighted by molar-refractivity contribution is -0.274. The zero-order chi connectivity index (χ0) is 23.5. The van der Waals surface area contributed by atoms with Crippen molar-refractivity contribution < 1.29 is 37.3 Å². The van der Waals surface area contributed by atoms with E-state index in [1.165, 1.54) is 22.8 Å². The molecular weight excluding hydrogens is 427 g/mol. The number of carbonyl (C=O) groups excluding carboxylic acids is 1. The molecule has 0 aliphatic carbocycles. The zero-order valence-electron chi connectivity index (χ0n) is 17.5. The number of hydrogen-bond acceptors (Lipinski definition) is 4. The number of carboxylic acid groups (broad SMARTS) is 1. The normalized spacial score (nSPS) is 12.7. The van der Waals surface area contributed by atoms with E-state index in [0.29, 0.717) is 35.0 Å². The number of carboxylic acids is 1. The predicted octanol–water partition coefficient (Wildman–Crippen LogP) is 4.51. The molecule has 0 amide bonds. The average molecular weight is 449 g/mol. The first-order valence-electron chi connectivity index (χ1n) is 9.89. The number of aliphatic carboxylic acids is 1. The van der Waals surface area contributed by atoms with Crippen LogP contribution in [0.5, 0.6) is 5.75 Å². The molecule has 0 bridgehead atoms. The third-order valence-corrected chi connectivity index (χ3v) is 5.13. The molecule has 1 unspecified atom stereocenters. The molecule has 2 aromatic carbocycles. The average Bonchev–Trinajstić information content (AvgIpc) is 2.97. The van der Waals surface area contributed by atoms with E-state index in [9.17, 15) is 27.9 Å². The standard InChI is InChI=1S/C23H22F3NO5/c1-3-31-21(22(29)30)11-16-6-4-5-15(9-16)10-18-14(2)27(13-28)20-8-7-17(12-19(18)20)32-23(24,25)26/h4-9,12-13,21H,3,10-11H2,1-2H3,(H,29,30). The van der Waals surface area contributed by atoms with Gasteiger partial charge < -0.3 is 14.6 Å². The quantitative estimate of drug-likeness (QED) is 0.487. The van der Waals surface area contributed by atoms with Gasteiger partial charge in [0, 0.05) is 24.1 Å². The summed E-state index contributed by atoms with van der Waals surface area (Å²) in [5, 5.41) is 9.78. The summed E-state index contributed by atoms with van der Waals surface area (Å²) in [6.07, 6.45) is -4.68. The van der Waals surface area contributed by atoms with Gasteiger partial charge in [0.2, 0.25) is 6.41 Å². The molecule has 0 saturated heterocycles. The van der Waals surface area contributed by atoms with E-state index in [4.69, 9.17) is 4.74 Å². The Hall–Kier alpha value is -3.33. The highest BCUT2D eigenvalue weighted by Crippen LogP contribution is 2.32. The third kappa shape index (κ3) is 5.28. The fraction of sp³-hybridized carbons (Fsp3) is 0.304. The van der Waals surface area contributed by atoms with Gasteiger partial charge in [-0.25, -0.2) is 4.79 Å². The number of nitrogens with zero attached hydrogens (tertiary/aromatic N) is 1. The van der Waals surface area contributed by atoms with Crippen LogP contribution in [0, 0.1) is 6.92 Å². The lowest BCUT2D eigenvalue weighted by Crippen LogP contribution is -2.26. The Morgan fingerprint density at radius 1 is 1.19 bits per heavy atom. The number of aromatic nitrogens is 1. The molecule has 3 aromatic rings. The molecule has 32 heavy (non-hydrogen) atoms. The first-order valence-corrected chi connectivity index (χ1v) is 9.89. The molecule has 0 radical (unpaired) electrons. The van der Waals surface area contributed by atoms with E-state index >= 15 is 0 Å². The van der Waals surface area contributed by atoms with Gasteiger partial charge in [-0.15, -0.1) is 13.2 Å². The number of alkyl halides is 3. The van der Waals surface area contributed by atoms with Crippen LogP contribution in [-0.4, -0.2) is 41.1 Å². The summed E-state index contributed by atoms with van der Waals surface area (Å²) in [7, 11) is 0. The Balaban J connectivity index is 1.97. The molecular formula is C23H22F3NO5. The van der Waals surface area contributed by atoms with Crippen molar-refractivity contribution in [2.24, 2.45) is 0 Å². The Labute approximate surface area is 182 Å². The maximum atomic E-state index is 12.7. The molecule has 3 rings (SSSR count). The largest absolute Gasteiger partial charge is 0.573 e. The summed E-state index contributed by atoms with van der Waals surface area (Å²) in [5.74, 6) is -1.43. The number of hydrogen-bond donors (Lipinski definition) is 1. The summed E-state index contributed by atoms with van der Waals surface area (Å²) in [6.45, 7) is 3.70. The smallest absolute Gasteiger partial charge is 0.479 e. The molecule has 1 heterocycles. The van der Waals surface area contributed by atoms with E-state index in [1.54, 1.807) is 26.0 Å². The molecule has 0 aliphatic rings. The number of fused-ring (bicyclic) bond motifs is 1. The summed E-state index contributed by atoms with van der Waals surface area (Å²) >= 11 is 0. The zero-order valence-corrected chi connectivity index (χ0v) is 17.5. The van der Waals surface area contributed by atoms with Gasteiger partial charge >= 0.3 is 12.3 Å². The third-order valence-electron chi connectivity index (χ3n) is 5.13. The van der Waals surface area contributed by atoms with Gasteiger partial charge in [0.05, 0.1) is 5.52 Å². The lowest BCUT2D eigenvalue weighted by Gasteiger charge is -2.13. The van der Waals surface area contributed by atoms with Crippen molar-refractivity contribution in [1.82, 2.24) is 4.57 Å². The number of carbonyl (C=O) groups is 2. The minimum Gasteiger partial charge on any atom is -0.479 e. The monoisotopic (exact) mass is 449 g/mol. The van der Waals surface area contributed by atoms with Crippen molar-refractivity contribution in [2.75, 3.05) is 6.61 Å². The van der Waals surface area contributed by atoms with Crippen molar-refractivity contribution in [3.05, 3.63) is 64.8 Å². The molecule has 1 N–H and O–H groups in total. The minimum absolute atomic E-state index is 0.176. The SMILES string of the molecule is CCOC(Cc1cccc(Cc2c(C)n(C=O)c3ccc(OC(F)(F)F)cc23)c1)C(=O)O. The summed E-state index contributed by atoms with van der Waals surface area (Å²) in [5.41, 5.74) is 3.32. The van der Waals surface area contributed by atoms with Crippen LogP contribution in [-0.2, 0) is 27.2 Å². The highest BCUT2D eigenvalue weighted by molar-refractivity contribution is 5.91. The van der Waals surface area contributed by atoms with E-state index in [1.807, 2.05) is 12.1 Å². The van der Waals surface area contributed by atoms with E-state index in [2.05, 4.69) is 4.74 Å². The fourth-order valence-electron chi connectivity index (χ4n) is 3.75. The fourth-order valence-corrected chi connectivity index (χ4v) is 3.75. The summed E-state index contributed by atoms with van der Waals surface area (Å²) in [4.78, 5) is 23.0. The highest BCUT2D eigenvalue weighted by atomic mass is 19.4. The summed E-state index contributed by atoms with van der Waals surface area (Å²) in [6, 6.07) is 11.1. The molecule has 9 heteroatoms. The first kappa shape index (κ1) is 23.3. The van der Waals surface area contributed by atoms with Crippen LogP contribution in [0.4, 0.5) is 13.2 Å². The van der Waals surface area contributed by atoms with E-state index in [-0.39, 0.29) is 18.8 Å². The molecule has 0 saturated carbocycles. The van der Waals surface area contributed by atoms with Crippen molar-refractivity contribution in [3.8, 4) is 5.75 Å². The number of ether oxygens (including phenoxy) is 2. The summed E-state index contributed by atoms with van der Waals surface area (Å²) < 4.78 is 48.7. The molecule has 0 fully saturated rings. The van der Waals surface area contributed by atoms with Crippen molar-refractivity contribution in [3.63, 3.8) is 0 Å². The van der Waals surface area contributed by atoms with Gasteiger partial charge in [-0.05, 0) is 55.2 Å². The Bertz CT molecular complexity index is 1140. The van der Waals surface area contributed by atoms with Crippen LogP contribution in [0.15, 0.2) is 42.5 Å². The van der Waals surface area contributed by atoms with Gasteiger partial charge in [0.1, 0.15) is 5.75 Å². The van der Waals surface area contributed by atoms with Gasteiger partial charge in [-0.3, -0.25) is 9.36 Å². The topological polar surface area (TPSA) is 77.8 Å². The first-order chi connectivity index (χ1) is 15.1. The minimum atomic E-state index is -4.83. The van der Waals surface area contributed by atoms with Gasteiger partial charge in [0.15, 0.2) is 6.10 Å². The Morgan fingerprint density at radius 3 is 2.53 bits per heavy atom. The number of benzene rings is 2. The van der Waals surface area contributed by atoms with Crippen molar-refractivity contribution in [1.29, 1.82) is 0 Å². The Morgan fingerprint density at radius 2 is 1.91 bits per heavy atom. The van der Waals surface area contributed by atoms with E-state index in [0.717, 1.165) is 11.1 Å². The van der Waals surface area contributed by atoms with Crippen LogP contribution in [0.25, 0.3) is 10.9 Å². The van der Waals surface area contributed by atoms with Crippen LogP contribution in [0.1, 0.15) is 29.3 Å². The maximum absolute atomic E-state index is 12.7. The number of rotatable bonds is 9. The second-order valence-electron chi connectivity index (χ2n) is 7.25. The molecule has 1 atom stereocenters. The molecule has 1 aromatic heterocycles. The number of halogens is 3.